The van der Waals surface area contributed by atoms with Gasteiger partial charge in [-0.15, -0.1) is 0 Å². The number of hydrogen-bond donors (Lipinski definition) is 1. The van der Waals surface area contributed by atoms with Crippen molar-refractivity contribution < 1.29 is 9.84 Å². The molecule has 3 rings (SSSR count). The van der Waals surface area contributed by atoms with Crippen molar-refractivity contribution in [3.8, 4) is 11.3 Å². The van der Waals surface area contributed by atoms with E-state index in [2.05, 4.69) is 4.90 Å². The molecule has 1 N–H and O–H groups in total. The SMILES string of the molecule is CN(CC1CCCO1)c1nc(-c2ccccc2)c(CO)s1. The predicted octanol–water partition coefficient (Wildman–Crippen LogP) is 2.92. The third-order valence-electron chi connectivity index (χ3n) is 3.70. The highest BCUT2D eigenvalue weighted by Gasteiger charge is 2.20. The largest absolute Gasteiger partial charge is 0.391 e. The highest BCUT2D eigenvalue weighted by molar-refractivity contribution is 7.16. The first-order valence-electron chi connectivity index (χ1n) is 7.26. The zero-order valence-corrected chi connectivity index (χ0v) is 13.0. The van der Waals surface area contributed by atoms with Crippen LogP contribution in [0.4, 0.5) is 5.13 Å². The molecule has 1 aromatic heterocycles. The van der Waals surface area contributed by atoms with Crippen molar-refractivity contribution in [1.29, 1.82) is 0 Å². The number of aliphatic hydroxyl groups excluding tert-OH is 1. The van der Waals surface area contributed by atoms with Crippen LogP contribution in [-0.2, 0) is 11.3 Å². The van der Waals surface area contributed by atoms with Crippen molar-refractivity contribution in [1.82, 2.24) is 4.98 Å². The number of hydrogen-bond acceptors (Lipinski definition) is 5. The van der Waals surface area contributed by atoms with E-state index in [1.807, 2.05) is 37.4 Å². The van der Waals surface area contributed by atoms with E-state index in [9.17, 15) is 5.11 Å². The number of benzene rings is 1. The molecule has 1 aliphatic rings. The van der Waals surface area contributed by atoms with Crippen LogP contribution in [0.3, 0.4) is 0 Å². The standard InChI is InChI=1S/C16H20N2O2S/c1-18(10-13-8-5-9-20-13)16-17-15(14(11-19)21-16)12-6-3-2-4-7-12/h2-4,6-7,13,19H,5,8-11H2,1H3. The Kier molecular flexibility index (Phi) is 4.53. The van der Waals surface area contributed by atoms with Gasteiger partial charge < -0.3 is 14.7 Å². The molecule has 5 heteroatoms. The summed E-state index contributed by atoms with van der Waals surface area (Å²) in [5.74, 6) is 0. The summed E-state index contributed by atoms with van der Waals surface area (Å²) in [6.07, 6.45) is 2.57. The molecule has 1 fully saturated rings. The van der Waals surface area contributed by atoms with Gasteiger partial charge in [0.1, 0.15) is 0 Å². The van der Waals surface area contributed by atoms with Crippen molar-refractivity contribution in [3.05, 3.63) is 35.2 Å². The summed E-state index contributed by atoms with van der Waals surface area (Å²) >= 11 is 1.56. The quantitative estimate of drug-likeness (QED) is 0.922. The Bertz CT molecular complexity index is 579. The predicted molar refractivity (Wildman–Crippen MR) is 85.7 cm³/mol. The number of likely N-dealkylation sites (N-methyl/N-ethyl adjacent to an activating group) is 1. The summed E-state index contributed by atoms with van der Waals surface area (Å²) in [7, 11) is 2.04. The van der Waals surface area contributed by atoms with Crippen LogP contribution in [-0.4, -0.2) is 36.4 Å². The molecule has 1 aromatic carbocycles. The van der Waals surface area contributed by atoms with Crippen LogP contribution >= 0.6 is 11.3 Å². The second-order valence-electron chi connectivity index (χ2n) is 5.31. The average Bonchev–Trinajstić information content (AvgIpc) is 3.17. The molecular formula is C16H20N2O2S. The molecule has 0 amide bonds. The second kappa shape index (κ2) is 6.56. The molecule has 1 saturated heterocycles. The van der Waals surface area contributed by atoms with E-state index in [1.165, 1.54) is 0 Å². The summed E-state index contributed by atoms with van der Waals surface area (Å²) in [4.78, 5) is 7.77. The number of thiazole rings is 1. The second-order valence-corrected chi connectivity index (χ2v) is 6.37. The van der Waals surface area contributed by atoms with Crippen LogP contribution in [0, 0.1) is 0 Å². The van der Waals surface area contributed by atoms with Gasteiger partial charge in [-0.25, -0.2) is 4.98 Å². The van der Waals surface area contributed by atoms with Gasteiger partial charge >= 0.3 is 0 Å². The lowest BCUT2D eigenvalue weighted by Crippen LogP contribution is -2.28. The van der Waals surface area contributed by atoms with E-state index in [0.717, 1.165) is 47.3 Å². The Balaban J connectivity index is 1.81. The molecule has 0 aliphatic carbocycles. The van der Waals surface area contributed by atoms with Gasteiger partial charge in [0.25, 0.3) is 0 Å². The van der Waals surface area contributed by atoms with Crippen LogP contribution in [0.15, 0.2) is 30.3 Å². The molecule has 2 aromatic rings. The molecule has 0 radical (unpaired) electrons. The minimum absolute atomic E-state index is 0.0235. The number of aromatic nitrogens is 1. The zero-order chi connectivity index (χ0) is 14.7. The smallest absolute Gasteiger partial charge is 0.186 e. The van der Waals surface area contributed by atoms with Gasteiger partial charge in [0.2, 0.25) is 0 Å². The number of aliphatic hydroxyl groups is 1. The fourth-order valence-electron chi connectivity index (χ4n) is 2.60. The molecule has 112 valence electrons. The minimum Gasteiger partial charge on any atom is -0.391 e. The molecule has 4 nitrogen and oxygen atoms in total. The van der Waals surface area contributed by atoms with Crippen LogP contribution in [0.5, 0.6) is 0 Å². The molecule has 0 bridgehead atoms. The minimum atomic E-state index is 0.0235. The van der Waals surface area contributed by atoms with Gasteiger partial charge in [0, 0.05) is 25.8 Å². The fourth-order valence-corrected chi connectivity index (χ4v) is 3.52. The number of ether oxygens (including phenoxy) is 1. The average molecular weight is 304 g/mol. The Labute approximate surface area is 129 Å². The van der Waals surface area contributed by atoms with Gasteiger partial charge in [-0.2, -0.15) is 0 Å². The van der Waals surface area contributed by atoms with Crippen LogP contribution < -0.4 is 4.90 Å². The maximum absolute atomic E-state index is 9.59. The number of rotatable bonds is 5. The maximum atomic E-state index is 9.59. The lowest BCUT2D eigenvalue weighted by molar-refractivity contribution is 0.116. The molecular weight excluding hydrogens is 284 g/mol. The van der Waals surface area contributed by atoms with E-state index >= 15 is 0 Å². The zero-order valence-electron chi connectivity index (χ0n) is 12.2. The first-order chi connectivity index (χ1) is 10.3. The molecule has 21 heavy (non-hydrogen) atoms. The van der Waals surface area contributed by atoms with Gasteiger partial charge in [-0.3, -0.25) is 0 Å². The first kappa shape index (κ1) is 14.5. The highest BCUT2D eigenvalue weighted by atomic mass is 32.1. The lowest BCUT2D eigenvalue weighted by atomic mass is 10.1. The summed E-state index contributed by atoms with van der Waals surface area (Å²) in [5, 5.41) is 10.5. The molecule has 0 spiro atoms. The van der Waals surface area contributed by atoms with Crippen LogP contribution in [0.1, 0.15) is 17.7 Å². The third-order valence-corrected chi connectivity index (χ3v) is 4.86. The lowest BCUT2D eigenvalue weighted by Gasteiger charge is -2.19. The topological polar surface area (TPSA) is 45.6 Å². The third kappa shape index (κ3) is 3.26. The summed E-state index contributed by atoms with van der Waals surface area (Å²) in [6.45, 7) is 1.75. The molecule has 1 aliphatic heterocycles. The van der Waals surface area contributed by atoms with Crippen molar-refractivity contribution in [2.24, 2.45) is 0 Å². The van der Waals surface area contributed by atoms with E-state index in [-0.39, 0.29) is 6.61 Å². The summed E-state index contributed by atoms with van der Waals surface area (Å²) < 4.78 is 5.68. The van der Waals surface area contributed by atoms with Gasteiger partial charge in [-0.05, 0) is 12.8 Å². The molecule has 2 heterocycles. The molecule has 0 saturated carbocycles. The van der Waals surface area contributed by atoms with E-state index in [0.29, 0.717) is 6.10 Å². The monoisotopic (exact) mass is 304 g/mol. The van der Waals surface area contributed by atoms with Gasteiger partial charge in [0.05, 0.1) is 23.3 Å². The highest BCUT2D eigenvalue weighted by Crippen LogP contribution is 2.33. The van der Waals surface area contributed by atoms with E-state index < -0.39 is 0 Å². The Morgan fingerprint density at radius 3 is 2.86 bits per heavy atom. The van der Waals surface area contributed by atoms with Crippen molar-refractivity contribution in [2.75, 3.05) is 25.1 Å². The molecule has 1 unspecified atom stereocenters. The van der Waals surface area contributed by atoms with Gasteiger partial charge in [0.15, 0.2) is 5.13 Å². The first-order valence-corrected chi connectivity index (χ1v) is 8.08. The van der Waals surface area contributed by atoms with E-state index in [4.69, 9.17) is 9.72 Å². The van der Waals surface area contributed by atoms with E-state index in [1.54, 1.807) is 11.3 Å². The van der Waals surface area contributed by atoms with Crippen LogP contribution in [0.25, 0.3) is 11.3 Å². The fraction of sp³-hybridized carbons (Fsp3) is 0.438. The van der Waals surface area contributed by atoms with Crippen molar-refractivity contribution >= 4 is 16.5 Å². The Morgan fingerprint density at radius 1 is 1.38 bits per heavy atom. The number of nitrogens with zero attached hydrogens (tertiary/aromatic N) is 2. The van der Waals surface area contributed by atoms with Crippen LogP contribution in [0.2, 0.25) is 0 Å². The molecule has 1 atom stereocenters. The maximum Gasteiger partial charge on any atom is 0.186 e. The normalized spacial score (nSPS) is 18.1. The van der Waals surface area contributed by atoms with Crippen molar-refractivity contribution in [2.45, 2.75) is 25.6 Å². The Morgan fingerprint density at radius 2 is 2.19 bits per heavy atom. The summed E-state index contributed by atoms with van der Waals surface area (Å²) in [6, 6.07) is 10.0. The van der Waals surface area contributed by atoms with Gasteiger partial charge in [-0.1, -0.05) is 41.7 Å². The number of anilines is 1. The van der Waals surface area contributed by atoms with Crippen molar-refractivity contribution in [3.63, 3.8) is 0 Å². The Hall–Kier alpha value is -1.43. The summed E-state index contributed by atoms with van der Waals surface area (Å²) in [5.41, 5.74) is 1.94.